The first-order valence-electron chi connectivity index (χ1n) is 9.69. The van der Waals surface area contributed by atoms with Gasteiger partial charge in [0, 0.05) is 36.3 Å². The first-order chi connectivity index (χ1) is 14.6. The molecule has 0 atom stereocenters. The number of nitrogens with one attached hydrogen (secondary N) is 1. The lowest BCUT2D eigenvalue weighted by Crippen LogP contribution is -2.21. The zero-order chi connectivity index (χ0) is 21.1. The Labute approximate surface area is 173 Å². The number of imidazole rings is 1. The number of aromatic nitrogens is 4. The van der Waals surface area contributed by atoms with Gasteiger partial charge in [-0.3, -0.25) is 9.48 Å². The number of hydrogen-bond donors (Lipinski definition) is 1. The minimum Gasteiger partial charge on any atom is -0.462 e. The number of benzene rings is 1. The molecule has 152 valence electrons. The fourth-order valence-corrected chi connectivity index (χ4v) is 3.22. The Morgan fingerprint density at radius 2 is 1.93 bits per heavy atom. The molecule has 8 nitrogen and oxygen atoms in total. The monoisotopic (exact) mass is 403 g/mol. The van der Waals surface area contributed by atoms with Gasteiger partial charge in [0.2, 0.25) is 0 Å². The van der Waals surface area contributed by atoms with Gasteiger partial charge in [-0.15, -0.1) is 0 Å². The smallest absolute Gasteiger partial charge is 0.342 e. The molecule has 0 aliphatic rings. The van der Waals surface area contributed by atoms with Gasteiger partial charge in [-0.2, -0.15) is 5.10 Å². The van der Waals surface area contributed by atoms with Crippen molar-refractivity contribution < 1.29 is 14.3 Å². The average Bonchev–Trinajstić information content (AvgIpc) is 3.38. The van der Waals surface area contributed by atoms with Crippen LogP contribution in [0.1, 0.15) is 34.7 Å². The van der Waals surface area contributed by atoms with Gasteiger partial charge in [-0.25, -0.2) is 9.78 Å². The van der Waals surface area contributed by atoms with E-state index in [-0.39, 0.29) is 17.9 Å². The Kier molecular flexibility index (Phi) is 5.30. The highest BCUT2D eigenvalue weighted by atomic mass is 16.5. The van der Waals surface area contributed by atoms with Gasteiger partial charge in [0.05, 0.1) is 18.5 Å². The predicted octanol–water partition coefficient (Wildman–Crippen LogP) is 3.65. The van der Waals surface area contributed by atoms with Crippen LogP contribution in [0.25, 0.3) is 16.9 Å². The third-order valence-corrected chi connectivity index (χ3v) is 4.64. The van der Waals surface area contributed by atoms with Crippen LogP contribution in [0, 0.1) is 0 Å². The highest BCUT2D eigenvalue weighted by molar-refractivity contribution is 6.10. The number of esters is 1. The molecular formula is C22H21N5O3. The molecule has 30 heavy (non-hydrogen) atoms. The van der Waals surface area contributed by atoms with E-state index in [1.54, 1.807) is 19.1 Å². The van der Waals surface area contributed by atoms with Gasteiger partial charge in [0.1, 0.15) is 16.9 Å². The number of fused-ring (bicyclic) bond motifs is 1. The SMILES string of the molecule is CCOC(=O)c1cnn(CC)c1C(=O)Nc1ccn2cc(-c3ccccc3)nc2c1. The van der Waals surface area contributed by atoms with Crippen LogP contribution in [0.5, 0.6) is 0 Å². The Balaban J connectivity index is 1.62. The molecule has 1 N–H and O–H groups in total. The fourth-order valence-electron chi connectivity index (χ4n) is 3.22. The molecule has 0 saturated carbocycles. The lowest BCUT2D eigenvalue weighted by Gasteiger charge is -2.09. The molecule has 1 aromatic carbocycles. The Morgan fingerprint density at radius 3 is 2.67 bits per heavy atom. The van der Waals surface area contributed by atoms with Gasteiger partial charge in [-0.1, -0.05) is 30.3 Å². The van der Waals surface area contributed by atoms with E-state index >= 15 is 0 Å². The standard InChI is InChI=1S/C22H21N5O3/c1-3-27-20(17(13-23-27)22(29)30-4-2)21(28)24-16-10-11-26-14-18(25-19(26)12-16)15-8-6-5-7-9-15/h5-14H,3-4H2,1-2H3,(H,24,28). The van der Waals surface area contributed by atoms with E-state index in [1.165, 1.54) is 10.9 Å². The molecule has 4 rings (SSSR count). The molecule has 4 aromatic rings. The Morgan fingerprint density at radius 1 is 1.13 bits per heavy atom. The quantitative estimate of drug-likeness (QED) is 0.496. The number of carbonyl (C=O) groups is 2. The third kappa shape index (κ3) is 3.67. The maximum Gasteiger partial charge on any atom is 0.342 e. The number of anilines is 1. The van der Waals surface area contributed by atoms with Crippen molar-refractivity contribution in [3.05, 3.63) is 72.3 Å². The summed E-state index contributed by atoms with van der Waals surface area (Å²) in [5, 5.41) is 6.96. The van der Waals surface area contributed by atoms with E-state index in [1.807, 2.05) is 54.0 Å². The maximum absolute atomic E-state index is 12.9. The van der Waals surface area contributed by atoms with Gasteiger partial charge >= 0.3 is 5.97 Å². The molecule has 0 fully saturated rings. The zero-order valence-corrected chi connectivity index (χ0v) is 16.7. The van der Waals surface area contributed by atoms with Crippen molar-refractivity contribution in [2.75, 3.05) is 11.9 Å². The maximum atomic E-state index is 12.9. The van der Waals surface area contributed by atoms with Crippen LogP contribution in [0.15, 0.2) is 61.1 Å². The van der Waals surface area contributed by atoms with Crippen LogP contribution in [-0.4, -0.2) is 37.6 Å². The largest absolute Gasteiger partial charge is 0.462 e. The summed E-state index contributed by atoms with van der Waals surface area (Å²) in [6.45, 7) is 4.23. The number of nitrogens with zero attached hydrogens (tertiary/aromatic N) is 4. The van der Waals surface area contributed by atoms with Crippen molar-refractivity contribution in [2.24, 2.45) is 0 Å². The summed E-state index contributed by atoms with van der Waals surface area (Å²) in [7, 11) is 0. The molecule has 0 bridgehead atoms. The van der Waals surface area contributed by atoms with E-state index in [0.29, 0.717) is 17.9 Å². The lowest BCUT2D eigenvalue weighted by molar-refractivity contribution is 0.0523. The number of aryl methyl sites for hydroxylation is 1. The molecule has 0 aliphatic carbocycles. The summed E-state index contributed by atoms with van der Waals surface area (Å²) in [5.74, 6) is -1.00. The molecule has 1 amide bonds. The van der Waals surface area contributed by atoms with Crippen LogP contribution in [0.3, 0.4) is 0 Å². The first-order valence-corrected chi connectivity index (χ1v) is 9.69. The second-order valence-electron chi connectivity index (χ2n) is 6.57. The van der Waals surface area contributed by atoms with E-state index in [9.17, 15) is 9.59 Å². The number of ether oxygens (including phenoxy) is 1. The first kappa shape index (κ1) is 19.4. The molecule has 8 heteroatoms. The van der Waals surface area contributed by atoms with Crippen molar-refractivity contribution in [1.82, 2.24) is 19.2 Å². The normalized spacial score (nSPS) is 10.9. The zero-order valence-electron chi connectivity index (χ0n) is 16.7. The summed E-state index contributed by atoms with van der Waals surface area (Å²) in [5.41, 5.74) is 3.43. The minimum atomic E-state index is -0.571. The second kappa shape index (κ2) is 8.20. The van der Waals surface area contributed by atoms with E-state index < -0.39 is 11.9 Å². The molecule has 0 aliphatic heterocycles. The van der Waals surface area contributed by atoms with Crippen molar-refractivity contribution in [1.29, 1.82) is 0 Å². The van der Waals surface area contributed by atoms with Crippen LogP contribution in [-0.2, 0) is 11.3 Å². The Hall–Kier alpha value is -3.94. The number of pyridine rings is 1. The van der Waals surface area contributed by atoms with Gasteiger partial charge in [0.15, 0.2) is 0 Å². The molecule has 0 radical (unpaired) electrons. The summed E-state index contributed by atoms with van der Waals surface area (Å²) in [6.07, 6.45) is 5.12. The molecule has 0 unspecified atom stereocenters. The predicted molar refractivity (Wildman–Crippen MR) is 112 cm³/mol. The number of amides is 1. The van der Waals surface area contributed by atoms with E-state index in [2.05, 4.69) is 15.4 Å². The summed E-state index contributed by atoms with van der Waals surface area (Å²) in [4.78, 5) is 29.8. The van der Waals surface area contributed by atoms with Gasteiger partial charge < -0.3 is 14.5 Å². The Bertz CT molecular complexity index is 1210. The van der Waals surface area contributed by atoms with Crippen molar-refractivity contribution in [2.45, 2.75) is 20.4 Å². The minimum absolute atomic E-state index is 0.143. The van der Waals surface area contributed by atoms with E-state index in [0.717, 1.165) is 11.3 Å². The molecule has 0 saturated heterocycles. The topological polar surface area (TPSA) is 90.5 Å². The number of hydrogen-bond acceptors (Lipinski definition) is 5. The van der Waals surface area contributed by atoms with E-state index in [4.69, 9.17) is 4.74 Å². The molecular weight excluding hydrogens is 382 g/mol. The average molecular weight is 403 g/mol. The van der Waals surface area contributed by atoms with Crippen LogP contribution in [0.2, 0.25) is 0 Å². The molecule has 3 heterocycles. The highest BCUT2D eigenvalue weighted by Gasteiger charge is 2.24. The van der Waals surface area contributed by atoms with Crippen LogP contribution < -0.4 is 5.32 Å². The van der Waals surface area contributed by atoms with Gasteiger partial charge in [-0.05, 0) is 19.9 Å². The molecule has 0 spiro atoms. The number of carbonyl (C=O) groups excluding carboxylic acids is 2. The van der Waals surface area contributed by atoms with Crippen molar-refractivity contribution in [3.63, 3.8) is 0 Å². The summed E-state index contributed by atoms with van der Waals surface area (Å²) in [6, 6.07) is 13.4. The van der Waals surface area contributed by atoms with Crippen LogP contribution in [0.4, 0.5) is 5.69 Å². The summed E-state index contributed by atoms with van der Waals surface area (Å²) < 4.78 is 8.41. The van der Waals surface area contributed by atoms with Gasteiger partial charge in [0.25, 0.3) is 5.91 Å². The highest BCUT2D eigenvalue weighted by Crippen LogP contribution is 2.21. The number of rotatable bonds is 6. The lowest BCUT2D eigenvalue weighted by atomic mass is 10.2. The second-order valence-corrected chi connectivity index (χ2v) is 6.57. The fraction of sp³-hybridized carbons (Fsp3) is 0.182. The van der Waals surface area contributed by atoms with Crippen molar-refractivity contribution in [3.8, 4) is 11.3 Å². The molecule has 3 aromatic heterocycles. The van der Waals surface area contributed by atoms with Crippen molar-refractivity contribution >= 4 is 23.2 Å². The third-order valence-electron chi connectivity index (χ3n) is 4.64. The van der Waals surface area contributed by atoms with Crippen LogP contribution >= 0.6 is 0 Å². The summed E-state index contributed by atoms with van der Waals surface area (Å²) >= 11 is 0.